The molecule has 1 atom stereocenters. The molecule has 178 valence electrons. The second-order valence-electron chi connectivity index (χ2n) is 7.93. The van der Waals surface area contributed by atoms with Crippen molar-refractivity contribution in [1.29, 1.82) is 0 Å². The molecule has 1 N–H and O–H groups in total. The minimum absolute atomic E-state index is 0.196. The Morgan fingerprint density at radius 3 is 2.56 bits per heavy atom. The zero-order chi connectivity index (χ0) is 24.0. The number of methoxy groups -OCH3 is 1. The first kappa shape index (κ1) is 23.7. The smallest absolute Gasteiger partial charge is 0.243 e. The number of carbonyl (C=O) groups excluding carboxylic acids is 1. The predicted octanol–water partition coefficient (Wildman–Crippen LogP) is 3.14. The van der Waals surface area contributed by atoms with Gasteiger partial charge in [-0.2, -0.15) is 4.31 Å². The molecule has 2 aromatic carbocycles. The lowest BCUT2D eigenvalue weighted by Crippen LogP contribution is -2.45. The highest BCUT2D eigenvalue weighted by Crippen LogP contribution is 2.29. The highest BCUT2D eigenvalue weighted by molar-refractivity contribution is 7.89. The zero-order valence-electron chi connectivity index (χ0n) is 18.9. The van der Waals surface area contributed by atoms with Gasteiger partial charge in [0, 0.05) is 25.5 Å². The minimum atomic E-state index is -3.73. The van der Waals surface area contributed by atoms with E-state index in [0.717, 1.165) is 11.1 Å². The van der Waals surface area contributed by atoms with Crippen molar-refractivity contribution in [3.63, 3.8) is 0 Å². The van der Waals surface area contributed by atoms with Crippen LogP contribution in [0, 0.1) is 0 Å². The van der Waals surface area contributed by atoms with Crippen LogP contribution in [0.5, 0.6) is 11.5 Å². The van der Waals surface area contributed by atoms with E-state index in [1.54, 1.807) is 62.0 Å². The van der Waals surface area contributed by atoms with Crippen molar-refractivity contribution in [2.24, 2.45) is 0 Å². The van der Waals surface area contributed by atoms with Gasteiger partial charge in [-0.15, -0.1) is 0 Å². The first-order valence-electron chi connectivity index (χ1n) is 11.0. The molecule has 4 rings (SSSR count). The van der Waals surface area contributed by atoms with Gasteiger partial charge in [0.05, 0.1) is 12.0 Å². The van der Waals surface area contributed by atoms with Crippen molar-refractivity contribution in [3.8, 4) is 11.5 Å². The first-order chi connectivity index (χ1) is 16.5. The molecule has 1 saturated heterocycles. The number of pyridine rings is 1. The molecule has 0 bridgehead atoms. The van der Waals surface area contributed by atoms with E-state index in [2.05, 4.69) is 10.3 Å². The molecule has 2 heterocycles. The second kappa shape index (κ2) is 10.7. The van der Waals surface area contributed by atoms with Gasteiger partial charge >= 0.3 is 0 Å². The average molecular weight is 482 g/mol. The lowest BCUT2D eigenvalue weighted by atomic mass is 10.1. The number of aromatic nitrogens is 1. The fourth-order valence-corrected chi connectivity index (χ4v) is 5.58. The Morgan fingerprint density at radius 2 is 1.82 bits per heavy atom. The summed E-state index contributed by atoms with van der Waals surface area (Å²) in [6.07, 6.45) is 4.54. The van der Waals surface area contributed by atoms with Gasteiger partial charge in [-0.3, -0.25) is 9.78 Å². The molecule has 8 nitrogen and oxygen atoms in total. The van der Waals surface area contributed by atoms with Crippen LogP contribution in [0.4, 0.5) is 0 Å². The molecule has 0 radical (unpaired) electrons. The van der Waals surface area contributed by atoms with Crippen LogP contribution in [0.25, 0.3) is 0 Å². The van der Waals surface area contributed by atoms with Crippen LogP contribution in [0.3, 0.4) is 0 Å². The van der Waals surface area contributed by atoms with E-state index >= 15 is 0 Å². The van der Waals surface area contributed by atoms with Crippen molar-refractivity contribution in [2.75, 3.05) is 13.7 Å². The molecular weight excluding hydrogens is 454 g/mol. The topological polar surface area (TPSA) is 97.8 Å². The van der Waals surface area contributed by atoms with Gasteiger partial charge in [-0.1, -0.05) is 24.3 Å². The van der Waals surface area contributed by atoms with Crippen molar-refractivity contribution < 1.29 is 22.7 Å². The summed E-state index contributed by atoms with van der Waals surface area (Å²) in [5.41, 5.74) is 1.80. The summed E-state index contributed by atoms with van der Waals surface area (Å²) in [5.74, 6) is 0.828. The van der Waals surface area contributed by atoms with Gasteiger partial charge in [-0.05, 0) is 60.4 Å². The lowest BCUT2D eigenvalue weighted by molar-refractivity contribution is -0.124. The van der Waals surface area contributed by atoms with Crippen LogP contribution in [0.15, 0.2) is 78.0 Å². The normalized spacial score (nSPS) is 16.2. The number of nitrogens with one attached hydrogen (secondary N) is 1. The van der Waals surface area contributed by atoms with Crippen molar-refractivity contribution in [1.82, 2.24) is 14.6 Å². The van der Waals surface area contributed by atoms with E-state index in [1.807, 2.05) is 18.2 Å². The number of carbonyl (C=O) groups is 1. The molecule has 1 unspecified atom stereocenters. The highest BCUT2D eigenvalue weighted by Gasteiger charge is 2.39. The maximum Gasteiger partial charge on any atom is 0.243 e. The number of hydrogen-bond acceptors (Lipinski definition) is 6. The maximum atomic E-state index is 13.0. The SMILES string of the molecule is COc1cc(CNC(=O)C2CCCN2S(=O)(=O)c2ccccc2)ccc1OCc1ccncc1. The Balaban J connectivity index is 1.39. The van der Waals surface area contributed by atoms with Crippen molar-refractivity contribution in [3.05, 3.63) is 84.2 Å². The molecule has 1 fully saturated rings. The van der Waals surface area contributed by atoms with E-state index in [9.17, 15) is 13.2 Å². The van der Waals surface area contributed by atoms with Crippen molar-refractivity contribution >= 4 is 15.9 Å². The zero-order valence-corrected chi connectivity index (χ0v) is 19.7. The van der Waals surface area contributed by atoms with Gasteiger partial charge in [-0.25, -0.2) is 8.42 Å². The Morgan fingerprint density at radius 1 is 1.06 bits per heavy atom. The third-order valence-electron chi connectivity index (χ3n) is 5.69. The predicted molar refractivity (Wildman–Crippen MR) is 127 cm³/mol. The third kappa shape index (κ3) is 5.37. The standard InChI is InChI=1S/C25H27N3O5S/c1-32-24-16-20(9-10-23(24)33-18-19-11-13-26-14-12-19)17-27-25(29)22-8-5-15-28(22)34(30,31)21-6-3-2-4-7-21/h2-4,6-7,9-14,16,22H,5,8,15,17-18H2,1H3,(H,27,29). The van der Waals surface area contributed by atoms with Crippen LogP contribution < -0.4 is 14.8 Å². The molecule has 0 spiro atoms. The van der Waals surface area contributed by atoms with Crippen LogP contribution in [0.2, 0.25) is 0 Å². The molecule has 3 aromatic rings. The maximum absolute atomic E-state index is 13.0. The quantitative estimate of drug-likeness (QED) is 0.504. The van der Waals surface area contributed by atoms with Crippen LogP contribution in [-0.2, 0) is 28.0 Å². The summed E-state index contributed by atoms with van der Waals surface area (Å²) in [6, 6.07) is 16.7. The molecule has 1 aliphatic heterocycles. The van der Waals surface area contributed by atoms with Crippen LogP contribution in [0.1, 0.15) is 24.0 Å². The summed E-state index contributed by atoms with van der Waals surface area (Å²) in [7, 11) is -2.17. The van der Waals surface area contributed by atoms with Gasteiger partial charge in [0.2, 0.25) is 15.9 Å². The molecule has 1 aromatic heterocycles. The second-order valence-corrected chi connectivity index (χ2v) is 9.82. The lowest BCUT2D eigenvalue weighted by Gasteiger charge is -2.23. The molecule has 34 heavy (non-hydrogen) atoms. The van der Waals surface area contributed by atoms with Gasteiger partial charge < -0.3 is 14.8 Å². The number of amides is 1. The molecule has 1 aliphatic rings. The fourth-order valence-electron chi connectivity index (χ4n) is 3.91. The summed E-state index contributed by atoms with van der Waals surface area (Å²) in [4.78, 5) is 17.1. The number of hydrogen-bond donors (Lipinski definition) is 1. The summed E-state index contributed by atoms with van der Waals surface area (Å²) in [5, 5.41) is 2.87. The van der Waals surface area contributed by atoms with Crippen molar-refractivity contribution in [2.45, 2.75) is 36.9 Å². The molecular formula is C25H27N3O5S. The molecule has 1 amide bonds. The molecule has 0 aliphatic carbocycles. The van der Waals surface area contributed by atoms with E-state index in [-0.39, 0.29) is 17.3 Å². The van der Waals surface area contributed by atoms with E-state index in [4.69, 9.17) is 9.47 Å². The first-order valence-corrected chi connectivity index (χ1v) is 12.5. The Labute approximate surface area is 199 Å². The Hall–Kier alpha value is -3.43. The Bertz CT molecular complexity index is 1220. The number of ether oxygens (including phenoxy) is 2. The van der Waals surface area contributed by atoms with Crippen LogP contribution >= 0.6 is 0 Å². The summed E-state index contributed by atoms with van der Waals surface area (Å²) >= 11 is 0. The van der Waals surface area contributed by atoms with Gasteiger partial charge in [0.25, 0.3) is 0 Å². The number of nitrogens with zero attached hydrogens (tertiary/aromatic N) is 2. The number of sulfonamides is 1. The Kier molecular flexibility index (Phi) is 7.44. The third-order valence-corrected chi connectivity index (χ3v) is 7.62. The number of rotatable bonds is 9. The van der Waals surface area contributed by atoms with Crippen LogP contribution in [-0.4, -0.2) is 43.3 Å². The van der Waals surface area contributed by atoms with E-state index in [0.29, 0.717) is 37.5 Å². The monoisotopic (exact) mass is 481 g/mol. The summed E-state index contributed by atoms with van der Waals surface area (Å²) < 4.78 is 38.7. The fraction of sp³-hybridized carbons (Fsp3) is 0.280. The largest absolute Gasteiger partial charge is 0.493 e. The van der Waals surface area contributed by atoms with E-state index < -0.39 is 16.1 Å². The molecule has 9 heteroatoms. The number of benzene rings is 2. The average Bonchev–Trinajstić information content (AvgIpc) is 3.38. The molecule has 0 saturated carbocycles. The van der Waals surface area contributed by atoms with E-state index in [1.165, 1.54) is 4.31 Å². The van der Waals surface area contributed by atoms with Gasteiger partial charge in [0.1, 0.15) is 12.6 Å². The highest BCUT2D eigenvalue weighted by atomic mass is 32.2. The minimum Gasteiger partial charge on any atom is -0.493 e. The summed E-state index contributed by atoms with van der Waals surface area (Å²) in [6.45, 7) is 0.949. The van der Waals surface area contributed by atoms with Gasteiger partial charge in [0.15, 0.2) is 11.5 Å².